The van der Waals surface area contributed by atoms with Gasteiger partial charge < -0.3 is 10.5 Å². The lowest BCUT2D eigenvalue weighted by Crippen LogP contribution is -2.55. The van der Waals surface area contributed by atoms with Crippen LogP contribution in [0.25, 0.3) is 0 Å². The average molecular weight is 503 g/mol. The first-order valence-corrected chi connectivity index (χ1v) is 14.1. The number of rotatable bonds is 5. The van der Waals surface area contributed by atoms with E-state index >= 15 is 0 Å². The highest BCUT2D eigenvalue weighted by molar-refractivity contribution is 7.92. The summed E-state index contributed by atoms with van der Waals surface area (Å²) >= 11 is 6.91. The zero-order chi connectivity index (χ0) is 24.5. The van der Waals surface area contributed by atoms with E-state index in [1.807, 2.05) is 49.4 Å². The van der Waals surface area contributed by atoms with Crippen LogP contribution < -0.4 is 5.73 Å². The maximum absolute atomic E-state index is 13.2. The van der Waals surface area contributed by atoms with Crippen LogP contribution in [0.2, 0.25) is 5.02 Å². The standard InChI is InChI=1S/C25H31ClN4O3S/c1-25(16-22(31)30(24(27)28-25)19-11-13-33-14-12-19)20-9-6-8-18(23(20)26)15-17-7-4-5-10-21(17)29-34(2,3)32/h4-10,19H,11-16H2,1-3H3,(H2,27,28)/t25-/m0/s1. The van der Waals surface area contributed by atoms with Crippen LogP contribution in [0.3, 0.4) is 0 Å². The third kappa shape index (κ3) is 5.29. The van der Waals surface area contributed by atoms with Crippen LogP contribution in [-0.4, -0.2) is 52.7 Å². The highest BCUT2D eigenvalue weighted by Gasteiger charge is 2.41. The van der Waals surface area contributed by atoms with E-state index in [0.717, 1.165) is 29.5 Å². The van der Waals surface area contributed by atoms with Crippen LogP contribution in [0.1, 0.15) is 42.9 Å². The number of hydrogen-bond donors (Lipinski definition) is 1. The third-order valence-corrected chi connectivity index (χ3v) is 7.36. The number of guanidine groups is 1. The third-order valence-electron chi connectivity index (χ3n) is 6.28. The number of aliphatic imine (C=N–C) groups is 1. The van der Waals surface area contributed by atoms with Gasteiger partial charge in [0, 0.05) is 52.9 Å². The molecule has 0 spiro atoms. The van der Waals surface area contributed by atoms with Gasteiger partial charge in [0.25, 0.3) is 0 Å². The Morgan fingerprint density at radius 2 is 1.85 bits per heavy atom. The van der Waals surface area contributed by atoms with E-state index in [9.17, 15) is 9.00 Å². The van der Waals surface area contributed by atoms with E-state index in [2.05, 4.69) is 4.36 Å². The molecule has 2 aliphatic heterocycles. The van der Waals surface area contributed by atoms with Gasteiger partial charge in [-0.3, -0.25) is 9.69 Å². The van der Waals surface area contributed by atoms with E-state index in [-0.39, 0.29) is 24.3 Å². The number of amides is 1. The van der Waals surface area contributed by atoms with Crippen LogP contribution in [0.4, 0.5) is 5.69 Å². The summed E-state index contributed by atoms with van der Waals surface area (Å²) in [6.07, 6.45) is 5.43. The van der Waals surface area contributed by atoms with Crippen molar-refractivity contribution in [1.82, 2.24) is 4.90 Å². The zero-order valence-corrected chi connectivity index (χ0v) is 21.4. The molecular formula is C25H31ClN4O3S. The van der Waals surface area contributed by atoms with Gasteiger partial charge in [0.2, 0.25) is 5.91 Å². The van der Waals surface area contributed by atoms with E-state index < -0.39 is 15.3 Å². The van der Waals surface area contributed by atoms with Crippen LogP contribution in [-0.2, 0) is 31.2 Å². The molecule has 7 nitrogen and oxygen atoms in total. The number of nitrogens with two attached hydrogens (primary N) is 1. The van der Waals surface area contributed by atoms with Crippen LogP contribution in [0.5, 0.6) is 0 Å². The van der Waals surface area contributed by atoms with Gasteiger partial charge in [0.1, 0.15) is 0 Å². The van der Waals surface area contributed by atoms with Crippen molar-refractivity contribution in [3.8, 4) is 0 Å². The lowest BCUT2D eigenvalue weighted by molar-refractivity contribution is -0.132. The molecule has 0 aromatic heterocycles. The molecular weight excluding hydrogens is 472 g/mol. The molecule has 1 fully saturated rings. The van der Waals surface area contributed by atoms with Gasteiger partial charge in [-0.2, -0.15) is 4.36 Å². The summed E-state index contributed by atoms with van der Waals surface area (Å²) in [5.74, 6) is 0.185. The van der Waals surface area contributed by atoms with Crippen molar-refractivity contribution < 1.29 is 13.7 Å². The highest BCUT2D eigenvalue weighted by atomic mass is 35.5. The SMILES string of the molecule is C[C@@]1(c2cccc(Cc3ccccc3N=S(C)(C)=O)c2Cl)CC(=O)N(C2CCOCC2)C(N)=N1. The smallest absolute Gasteiger partial charge is 0.232 e. The lowest BCUT2D eigenvalue weighted by atomic mass is 9.85. The minimum absolute atomic E-state index is 0.0176. The molecule has 4 rings (SSSR count). The normalized spacial score (nSPS) is 21.9. The lowest BCUT2D eigenvalue weighted by Gasteiger charge is -2.40. The number of hydrogen-bond acceptors (Lipinski definition) is 6. The average Bonchev–Trinajstić information content (AvgIpc) is 2.75. The van der Waals surface area contributed by atoms with Gasteiger partial charge >= 0.3 is 0 Å². The van der Waals surface area contributed by atoms with Crippen molar-refractivity contribution in [2.75, 3.05) is 25.7 Å². The second-order valence-electron chi connectivity index (χ2n) is 9.38. The van der Waals surface area contributed by atoms with E-state index in [0.29, 0.717) is 30.3 Å². The van der Waals surface area contributed by atoms with Crippen molar-refractivity contribution in [1.29, 1.82) is 0 Å². The molecule has 0 radical (unpaired) electrons. The Bertz CT molecular complexity index is 1240. The predicted octanol–water partition coefficient (Wildman–Crippen LogP) is 4.23. The van der Waals surface area contributed by atoms with E-state index in [1.165, 1.54) is 0 Å². The molecule has 1 atom stereocenters. The van der Waals surface area contributed by atoms with Crippen molar-refractivity contribution in [3.63, 3.8) is 0 Å². The number of carbonyl (C=O) groups excluding carboxylic acids is 1. The van der Waals surface area contributed by atoms with Gasteiger partial charge in [0.05, 0.1) is 17.6 Å². The van der Waals surface area contributed by atoms with Crippen LogP contribution in [0, 0.1) is 0 Å². The van der Waals surface area contributed by atoms with Gasteiger partial charge in [-0.15, -0.1) is 0 Å². The van der Waals surface area contributed by atoms with Crippen LogP contribution in [0.15, 0.2) is 51.8 Å². The molecule has 0 saturated carbocycles. The highest BCUT2D eigenvalue weighted by Crippen LogP contribution is 2.40. The summed E-state index contributed by atoms with van der Waals surface area (Å²) in [6.45, 7) is 3.13. The van der Waals surface area contributed by atoms with Gasteiger partial charge in [-0.25, -0.2) is 9.20 Å². The number of ether oxygens (including phenoxy) is 1. The van der Waals surface area contributed by atoms with Gasteiger partial charge in [-0.1, -0.05) is 48.0 Å². The number of benzene rings is 2. The second-order valence-corrected chi connectivity index (χ2v) is 12.3. The molecule has 2 heterocycles. The Morgan fingerprint density at radius 1 is 1.18 bits per heavy atom. The Morgan fingerprint density at radius 3 is 2.53 bits per heavy atom. The molecule has 2 N–H and O–H groups in total. The first kappa shape index (κ1) is 24.7. The monoisotopic (exact) mass is 502 g/mol. The summed E-state index contributed by atoms with van der Waals surface area (Å²) in [7, 11) is -2.30. The van der Waals surface area contributed by atoms with Crippen molar-refractivity contribution in [2.24, 2.45) is 15.1 Å². The molecule has 182 valence electrons. The van der Waals surface area contributed by atoms with Crippen molar-refractivity contribution in [2.45, 2.75) is 44.2 Å². The Hall–Kier alpha value is -2.42. The quantitative estimate of drug-likeness (QED) is 0.661. The topological polar surface area (TPSA) is 97.3 Å². The van der Waals surface area contributed by atoms with Gasteiger partial charge in [0.15, 0.2) is 5.96 Å². The minimum atomic E-state index is -2.30. The van der Waals surface area contributed by atoms with E-state index in [4.69, 9.17) is 27.1 Å². The molecule has 9 heteroatoms. The first-order valence-electron chi connectivity index (χ1n) is 11.4. The molecule has 2 aliphatic rings. The fourth-order valence-corrected chi connectivity index (χ4v) is 5.71. The summed E-state index contributed by atoms with van der Waals surface area (Å²) in [6, 6.07) is 13.4. The summed E-state index contributed by atoms with van der Waals surface area (Å²) in [4.78, 5) is 19.6. The predicted molar refractivity (Wildman–Crippen MR) is 137 cm³/mol. The number of halogens is 1. The molecule has 1 amide bonds. The summed E-state index contributed by atoms with van der Waals surface area (Å²) in [5, 5.41) is 0.553. The van der Waals surface area contributed by atoms with Crippen molar-refractivity contribution >= 4 is 38.9 Å². The molecule has 2 aromatic carbocycles. The second kappa shape index (κ2) is 9.68. The first-order chi connectivity index (χ1) is 16.1. The zero-order valence-electron chi connectivity index (χ0n) is 19.8. The molecule has 2 aromatic rings. The van der Waals surface area contributed by atoms with E-state index in [1.54, 1.807) is 17.4 Å². The fraction of sp³-hybridized carbons (Fsp3) is 0.440. The molecule has 0 aliphatic carbocycles. The fourth-order valence-electron chi connectivity index (χ4n) is 4.67. The summed E-state index contributed by atoms with van der Waals surface area (Å²) in [5.41, 5.74) is 8.74. The van der Waals surface area contributed by atoms with Crippen molar-refractivity contribution in [3.05, 3.63) is 64.2 Å². The Kier molecular flexibility index (Phi) is 7.03. The minimum Gasteiger partial charge on any atom is -0.381 e. The largest absolute Gasteiger partial charge is 0.381 e. The summed E-state index contributed by atoms with van der Waals surface area (Å²) < 4.78 is 22.1. The molecule has 1 saturated heterocycles. The molecule has 0 bridgehead atoms. The maximum Gasteiger partial charge on any atom is 0.232 e. The number of carbonyl (C=O) groups is 1. The Balaban J connectivity index is 1.67. The molecule has 34 heavy (non-hydrogen) atoms. The molecule has 0 unspecified atom stereocenters. The van der Waals surface area contributed by atoms with Crippen LogP contribution >= 0.6 is 11.6 Å². The Labute approximate surface area is 206 Å². The number of nitrogens with zero attached hydrogens (tertiary/aromatic N) is 3. The maximum atomic E-state index is 13.2. The van der Waals surface area contributed by atoms with Gasteiger partial charge in [-0.05, 0) is 42.5 Å².